The van der Waals surface area contributed by atoms with Gasteiger partial charge in [-0.2, -0.15) is 5.10 Å². The van der Waals surface area contributed by atoms with Crippen molar-refractivity contribution in [1.82, 2.24) is 15.6 Å². The first-order chi connectivity index (χ1) is 13.2. The lowest BCUT2D eigenvalue weighted by Crippen LogP contribution is -2.42. The molecule has 0 saturated carbocycles. The van der Waals surface area contributed by atoms with E-state index in [1.54, 1.807) is 6.21 Å². The van der Waals surface area contributed by atoms with Crippen molar-refractivity contribution in [2.24, 2.45) is 5.10 Å². The van der Waals surface area contributed by atoms with Crippen LogP contribution >= 0.6 is 12.2 Å². The van der Waals surface area contributed by atoms with Crippen LogP contribution in [0.4, 0.5) is 0 Å². The van der Waals surface area contributed by atoms with Gasteiger partial charge in [0.25, 0.3) is 0 Å². The highest BCUT2D eigenvalue weighted by molar-refractivity contribution is 7.80. The Morgan fingerprint density at radius 3 is 2.81 bits per heavy atom. The molecule has 2 rings (SSSR count). The third-order valence-corrected chi connectivity index (χ3v) is 4.16. The van der Waals surface area contributed by atoms with E-state index in [4.69, 9.17) is 26.4 Å². The van der Waals surface area contributed by atoms with Crippen LogP contribution in [0.1, 0.15) is 25.8 Å². The predicted molar refractivity (Wildman–Crippen MR) is 112 cm³/mol. The molecule has 0 spiro atoms. The minimum absolute atomic E-state index is 0.507. The molecule has 0 unspecified atom stereocenters. The third kappa shape index (κ3) is 8.11. The molecule has 2 N–H and O–H groups in total. The number of benzene rings is 1. The molecular formula is C19H30N4O3S. The molecule has 27 heavy (non-hydrogen) atoms. The number of nitrogens with zero attached hydrogens (tertiary/aromatic N) is 2. The Morgan fingerprint density at radius 1 is 1.26 bits per heavy atom. The van der Waals surface area contributed by atoms with Gasteiger partial charge in [0.05, 0.1) is 32.6 Å². The molecule has 0 bridgehead atoms. The standard InChI is InChI=1S/C19H30N4O3S/c1-3-11-26-17-6-5-16(14-18(17)25-4-2)15-21-22-19(27)20-7-8-23-9-12-24-13-10-23/h5-6,14-15H,3-4,7-13H2,1-2H3,(H2,20,22,27)/b21-15+. The Bertz CT molecular complexity index is 607. The molecule has 1 aromatic carbocycles. The van der Waals surface area contributed by atoms with Crippen LogP contribution < -0.4 is 20.2 Å². The molecule has 8 heteroatoms. The van der Waals surface area contributed by atoms with Gasteiger partial charge in [0, 0.05) is 26.2 Å². The van der Waals surface area contributed by atoms with Crippen LogP contribution in [-0.4, -0.2) is 68.8 Å². The summed E-state index contributed by atoms with van der Waals surface area (Å²) in [5, 5.41) is 7.86. The second-order valence-corrected chi connectivity index (χ2v) is 6.48. The highest BCUT2D eigenvalue weighted by atomic mass is 32.1. The highest BCUT2D eigenvalue weighted by Gasteiger charge is 2.09. The smallest absolute Gasteiger partial charge is 0.187 e. The zero-order valence-corrected chi connectivity index (χ0v) is 17.0. The van der Waals surface area contributed by atoms with E-state index in [9.17, 15) is 0 Å². The maximum Gasteiger partial charge on any atom is 0.187 e. The van der Waals surface area contributed by atoms with Crippen LogP contribution in [-0.2, 0) is 4.74 Å². The van der Waals surface area contributed by atoms with E-state index in [0.717, 1.165) is 62.9 Å². The Kier molecular flexibility index (Phi) is 9.89. The fraction of sp³-hybridized carbons (Fsp3) is 0.579. The van der Waals surface area contributed by atoms with Gasteiger partial charge in [-0.25, -0.2) is 0 Å². The maximum absolute atomic E-state index is 5.70. The lowest BCUT2D eigenvalue weighted by atomic mass is 10.2. The Morgan fingerprint density at radius 2 is 2.07 bits per heavy atom. The fourth-order valence-electron chi connectivity index (χ4n) is 2.56. The third-order valence-electron chi connectivity index (χ3n) is 3.93. The van der Waals surface area contributed by atoms with Crippen molar-refractivity contribution in [2.45, 2.75) is 20.3 Å². The molecule has 150 valence electrons. The summed E-state index contributed by atoms with van der Waals surface area (Å²) < 4.78 is 16.7. The summed E-state index contributed by atoms with van der Waals surface area (Å²) in [5.41, 5.74) is 3.75. The van der Waals surface area contributed by atoms with Crippen LogP contribution in [0.25, 0.3) is 0 Å². The van der Waals surface area contributed by atoms with Crippen molar-refractivity contribution < 1.29 is 14.2 Å². The molecule has 1 saturated heterocycles. The lowest BCUT2D eigenvalue weighted by molar-refractivity contribution is 0.0389. The van der Waals surface area contributed by atoms with Gasteiger partial charge in [0.15, 0.2) is 16.6 Å². The minimum atomic E-state index is 0.507. The molecule has 7 nitrogen and oxygen atoms in total. The molecule has 0 aliphatic carbocycles. The van der Waals surface area contributed by atoms with E-state index in [0.29, 0.717) is 18.3 Å². The number of hydrogen-bond acceptors (Lipinski definition) is 6. The molecule has 0 aromatic heterocycles. The van der Waals surface area contributed by atoms with E-state index in [-0.39, 0.29) is 0 Å². The summed E-state index contributed by atoms with van der Waals surface area (Å²) in [7, 11) is 0. The van der Waals surface area contributed by atoms with Crippen LogP contribution in [0.2, 0.25) is 0 Å². The van der Waals surface area contributed by atoms with Crippen LogP contribution in [0.5, 0.6) is 11.5 Å². The van der Waals surface area contributed by atoms with Gasteiger partial charge in [-0.3, -0.25) is 10.3 Å². The van der Waals surface area contributed by atoms with Crippen molar-refractivity contribution in [3.63, 3.8) is 0 Å². The first-order valence-electron chi connectivity index (χ1n) is 9.49. The highest BCUT2D eigenvalue weighted by Crippen LogP contribution is 2.28. The molecule has 1 aliphatic heterocycles. The number of hydrogen-bond donors (Lipinski definition) is 2. The fourth-order valence-corrected chi connectivity index (χ4v) is 2.72. The molecule has 0 atom stereocenters. The monoisotopic (exact) mass is 394 g/mol. The summed E-state index contributed by atoms with van der Waals surface area (Å²) in [4.78, 5) is 2.35. The van der Waals surface area contributed by atoms with Crippen molar-refractivity contribution >= 4 is 23.5 Å². The lowest BCUT2D eigenvalue weighted by Gasteiger charge is -2.26. The SMILES string of the molecule is CCCOc1ccc(/C=N/NC(=S)NCCN2CCOCC2)cc1OCC. The van der Waals surface area contributed by atoms with E-state index in [1.165, 1.54) is 0 Å². The Hall–Kier alpha value is -1.90. The summed E-state index contributed by atoms with van der Waals surface area (Å²) in [5.74, 6) is 1.48. The van der Waals surface area contributed by atoms with E-state index in [2.05, 4.69) is 27.7 Å². The molecular weight excluding hydrogens is 364 g/mol. The largest absolute Gasteiger partial charge is 0.490 e. The number of ether oxygens (including phenoxy) is 3. The van der Waals surface area contributed by atoms with Gasteiger partial charge >= 0.3 is 0 Å². The van der Waals surface area contributed by atoms with Crippen molar-refractivity contribution in [2.75, 3.05) is 52.6 Å². The number of thiocarbonyl (C=S) groups is 1. The zero-order valence-electron chi connectivity index (χ0n) is 16.2. The van der Waals surface area contributed by atoms with Crippen molar-refractivity contribution in [3.05, 3.63) is 23.8 Å². The quantitative estimate of drug-likeness (QED) is 0.357. The van der Waals surface area contributed by atoms with E-state index >= 15 is 0 Å². The summed E-state index contributed by atoms with van der Waals surface area (Å²) in [6, 6.07) is 5.75. The second kappa shape index (κ2) is 12.5. The average molecular weight is 395 g/mol. The molecule has 1 aromatic rings. The van der Waals surface area contributed by atoms with Crippen LogP contribution in [0.15, 0.2) is 23.3 Å². The summed E-state index contributed by atoms with van der Waals surface area (Å²) >= 11 is 5.25. The summed E-state index contributed by atoms with van der Waals surface area (Å²) in [6.45, 7) is 10.5. The Balaban J connectivity index is 1.76. The van der Waals surface area contributed by atoms with Gasteiger partial charge in [-0.05, 0) is 49.3 Å². The number of morpholine rings is 1. The van der Waals surface area contributed by atoms with Gasteiger partial charge in [0.2, 0.25) is 0 Å². The first kappa shape index (κ1) is 21.4. The van der Waals surface area contributed by atoms with Crippen molar-refractivity contribution in [1.29, 1.82) is 0 Å². The van der Waals surface area contributed by atoms with E-state index in [1.807, 2.05) is 25.1 Å². The normalized spacial score (nSPS) is 14.9. The van der Waals surface area contributed by atoms with Gasteiger partial charge < -0.3 is 19.5 Å². The molecule has 1 fully saturated rings. The number of hydrazone groups is 1. The molecule has 1 heterocycles. The van der Waals surface area contributed by atoms with E-state index < -0.39 is 0 Å². The topological polar surface area (TPSA) is 67.4 Å². The average Bonchev–Trinajstić information content (AvgIpc) is 2.68. The van der Waals surface area contributed by atoms with Gasteiger partial charge in [-0.15, -0.1) is 0 Å². The second-order valence-electron chi connectivity index (χ2n) is 6.07. The molecule has 0 amide bonds. The van der Waals surface area contributed by atoms with Crippen molar-refractivity contribution in [3.8, 4) is 11.5 Å². The van der Waals surface area contributed by atoms with Gasteiger partial charge in [0.1, 0.15) is 0 Å². The molecule has 1 aliphatic rings. The number of rotatable bonds is 10. The molecule has 0 radical (unpaired) electrons. The number of nitrogens with one attached hydrogen (secondary N) is 2. The predicted octanol–water partition coefficient (Wildman–Crippen LogP) is 2.00. The summed E-state index contributed by atoms with van der Waals surface area (Å²) in [6.07, 6.45) is 2.66. The van der Waals surface area contributed by atoms with Gasteiger partial charge in [-0.1, -0.05) is 6.92 Å². The maximum atomic E-state index is 5.70. The van der Waals surface area contributed by atoms with Crippen LogP contribution in [0, 0.1) is 0 Å². The minimum Gasteiger partial charge on any atom is -0.490 e. The first-order valence-corrected chi connectivity index (χ1v) is 9.90. The van der Waals surface area contributed by atoms with Crippen LogP contribution in [0.3, 0.4) is 0 Å². The zero-order chi connectivity index (χ0) is 19.3. The Labute approximate surface area is 167 Å².